The second kappa shape index (κ2) is 4.62. The Bertz CT molecular complexity index is 395. The van der Waals surface area contributed by atoms with Crippen molar-refractivity contribution in [1.82, 2.24) is 0 Å². The van der Waals surface area contributed by atoms with E-state index in [0.29, 0.717) is 11.4 Å². The van der Waals surface area contributed by atoms with Gasteiger partial charge in [0.05, 0.1) is 0 Å². The van der Waals surface area contributed by atoms with E-state index < -0.39 is 0 Å². The maximum atomic E-state index is 8.91. The van der Waals surface area contributed by atoms with Crippen molar-refractivity contribution >= 4 is 11.6 Å². The summed E-state index contributed by atoms with van der Waals surface area (Å²) in [7, 11) is 0. The molecule has 3 nitrogen and oxygen atoms in total. The number of nitrogens with two attached hydrogens (primary N) is 1. The molecule has 0 fully saturated rings. The lowest BCUT2D eigenvalue weighted by Crippen LogP contribution is -2.14. The van der Waals surface area contributed by atoms with E-state index >= 15 is 0 Å². The van der Waals surface area contributed by atoms with Crippen LogP contribution in [-0.4, -0.2) is 17.8 Å². The SMILES string of the molecule is CC1Cc2cc(Cl)cc(C(N)CCO)c2O1. The second-order valence-corrected chi connectivity index (χ2v) is 4.67. The van der Waals surface area contributed by atoms with Crippen molar-refractivity contribution in [2.24, 2.45) is 5.73 Å². The van der Waals surface area contributed by atoms with Gasteiger partial charge < -0.3 is 15.6 Å². The van der Waals surface area contributed by atoms with Gasteiger partial charge in [-0.15, -0.1) is 0 Å². The molecule has 0 bridgehead atoms. The van der Waals surface area contributed by atoms with Crippen LogP contribution in [0.4, 0.5) is 0 Å². The molecule has 0 spiro atoms. The Morgan fingerprint density at radius 3 is 3.06 bits per heavy atom. The van der Waals surface area contributed by atoms with Gasteiger partial charge in [0.15, 0.2) is 0 Å². The Morgan fingerprint density at radius 2 is 2.38 bits per heavy atom. The zero-order valence-corrected chi connectivity index (χ0v) is 10.00. The number of rotatable bonds is 3. The van der Waals surface area contributed by atoms with Crippen LogP contribution in [0.3, 0.4) is 0 Å². The minimum absolute atomic E-state index is 0.0675. The molecule has 1 aromatic carbocycles. The number of halogens is 1. The molecule has 2 atom stereocenters. The molecule has 0 saturated carbocycles. The van der Waals surface area contributed by atoms with Gasteiger partial charge in [-0.05, 0) is 31.0 Å². The lowest BCUT2D eigenvalue weighted by atomic mass is 10.00. The van der Waals surface area contributed by atoms with Crippen LogP contribution in [0.5, 0.6) is 5.75 Å². The fourth-order valence-electron chi connectivity index (χ4n) is 2.09. The third-order valence-electron chi connectivity index (χ3n) is 2.83. The first-order valence-electron chi connectivity index (χ1n) is 5.47. The van der Waals surface area contributed by atoms with Crippen molar-refractivity contribution in [2.75, 3.05) is 6.61 Å². The van der Waals surface area contributed by atoms with Crippen molar-refractivity contribution < 1.29 is 9.84 Å². The van der Waals surface area contributed by atoms with Crippen LogP contribution in [-0.2, 0) is 6.42 Å². The Kier molecular flexibility index (Phi) is 3.38. The number of ether oxygens (including phenoxy) is 1. The second-order valence-electron chi connectivity index (χ2n) is 4.23. The van der Waals surface area contributed by atoms with E-state index in [4.69, 9.17) is 27.2 Å². The molecule has 2 rings (SSSR count). The molecule has 88 valence electrons. The van der Waals surface area contributed by atoms with Gasteiger partial charge in [-0.25, -0.2) is 0 Å². The van der Waals surface area contributed by atoms with Crippen LogP contribution >= 0.6 is 11.6 Å². The highest BCUT2D eigenvalue weighted by Gasteiger charge is 2.25. The van der Waals surface area contributed by atoms with E-state index in [-0.39, 0.29) is 18.8 Å². The lowest BCUT2D eigenvalue weighted by Gasteiger charge is -2.15. The van der Waals surface area contributed by atoms with E-state index in [1.54, 1.807) is 0 Å². The molecule has 3 N–H and O–H groups in total. The summed E-state index contributed by atoms with van der Waals surface area (Å²) in [6.07, 6.45) is 1.56. The van der Waals surface area contributed by atoms with Crippen molar-refractivity contribution in [3.63, 3.8) is 0 Å². The van der Waals surface area contributed by atoms with Gasteiger partial charge in [0.2, 0.25) is 0 Å². The summed E-state index contributed by atoms with van der Waals surface area (Å²) in [6, 6.07) is 3.54. The van der Waals surface area contributed by atoms with Gasteiger partial charge in [-0.2, -0.15) is 0 Å². The molecule has 1 aliphatic heterocycles. The number of aliphatic hydroxyl groups is 1. The molecule has 1 aliphatic rings. The summed E-state index contributed by atoms with van der Waals surface area (Å²) in [5, 5.41) is 9.59. The highest BCUT2D eigenvalue weighted by molar-refractivity contribution is 6.30. The van der Waals surface area contributed by atoms with Gasteiger partial charge in [0.1, 0.15) is 11.9 Å². The largest absolute Gasteiger partial charge is 0.490 e. The first-order chi connectivity index (χ1) is 7.61. The molecule has 0 saturated heterocycles. The number of hydrogen-bond acceptors (Lipinski definition) is 3. The minimum atomic E-state index is -0.220. The average molecular weight is 242 g/mol. The first kappa shape index (κ1) is 11.7. The molecule has 1 aromatic rings. The molecule has 0 amide bonds. The Hall–Kier alpha value is -0.770. The van der Waals surface area contributed by atoms with E-state index in [2.05, 4.69) is 0 Å². The number of hydrogen-bond donors (Lipinski definition) is 2. The zero-order valence-electron chi connectivity index (χ0n) is 9.24. The fraction of sp³-hybridized carbons (Fsp3) is 0.500. The maximum Gasteiger partial charge on any atom is 0.127 e. The van der Waals surface area contributed by atoms with E-state index in [1.807, 2.05) is 19.1 Å². The van der Waals surface area contributed by atoms with Gasteiger partial charge in [-0.1, -0.05) is 11.6 Å². The molecule has 0 aliphatic carbocycles. The molecule has 0 aromatic heterocycles. The predicted molar refractivity (Wildman–Crippen MR) is 63.9 cm³/mol. The lowest BCUT2D eigenvalue weighted by molar-refractivity contribution is 0.247. The Balaban J connectivity index is 2.38. The van der Waals surface area contributed by atoms with Crippen molar-refractivity contribution in [2.45, 2.75) is 31.9 Å². The van der Waals surface area contributed by atoms with Crippen molar-refractivity contribution in [3.05, 3.63) is 28.3 Å². The monoisotopic (exact) mass is 241 g/mol. The maximum absolute atomic E-state index is 8.91. The summed E-state index contributed by atoms with van der Waals surface area (Å²) in [5.74, 6) is 0.859. The molecule has 16 heavy (non-hydrogen) atoms. The van der Waals surface area contributed by atoms with E-state index in [0.717, 1.165) is 23.3 Å². The fourth-order valence-corrected chi connectivity index (χ4v) is 2.34. The van der Waals surface area contributed by atoms with Crippen LogP contribution in [0, 0.1) is 0 Å². The van der Waals surface area contributed by atoms with Crippen molar-refractivity contribution in [3.8, 4) is 5.75 Å². The van der Waals surface area contributed by atoms with Gasteiger partial charge in [0.25, 0.3) is 0 Å². The number of fused-ring (bicyclic) bond motifs is 1. The molecule has 4 heteroatoms. The van der Waals surface area contributed by atoms with Gasteiger partial charge in [0, 0.05) is 29.7 Å². The minimum Gasteiger partial charge on any atom is -0.490 e. The van der Waals surface area contributed by atoms with Crippen molar-refractivity contribution in [1.29, 1.82) is 0 Å². The van der Waals surface area contributed by atoms with Gasteiger partial charge >= 0.3 is 0 Å². The third-order valence-corrected chi connectivity index (χ3v) is 3.04. The van der Waals surface area contributed by atoms with E-state index in [1.165, 1.54) is 0 Å². The molecule has 1 heterocycles. The molecule has 0 radical (unpaired) electrons. The smallest absolute Gasteiger partial charge is 0.127 e. The Morgan fingerprint density at radius 1 is 1.62 bits per heavy atom. The average Bonchev–Trinajstić information content (AvgIpc) is 2.57. The normalized spacial score (nSPS) is 20.4. The molecular weight excluding hydrogens is 226 g/mol. The summed E-state index contributed by atoms with van der Waals surface area (Å²) in [4.78, 5) is 0. The number of benzene rings is 1. The van der Waals surface area contributed by atoms with Crippen LogP contribution in [0.2, 0.25) is 5.02 Å². The summed E-state index contributed by atoms with van der Waals surface area (Å²) in [6.45, 7) is 2.09. The van der Waals surface area contributed by atoms with Crippen LogP contribution in [0.25, 0.3) is 0 Å². The highest BCUT2D eigenvalue weighted by atomic mass is 35.5. The predicted octanol–water partition coefficient (Wildman–Crippen LogP) is 2.05. The first-order valence-corrected chi connectivity index (χ1v) is 5.85. The zero-order chi connectivity index (χ0) is 11.7. The summed E-state index contributed by atoms with van der Waals surface area (Å²) in [5.41, 5.74) is 8.01. The quantitative estimate of drug-likeness (QED) is 0.852. The molecule has 2 unspecified atom stereocenters. The summed E-state index contributed by atoms with van der Waals surface area (Å²) >= 11 is 6.05. The van der Waals surface area contributed by atoms with Gasteiger partial charge in [-0.3, -0.25) is 0 Å². The standard InChI is InChI=1S/C12H16ClNO2/c1-7-4-8-5-9(13)6-10(12(8)16-7)11(14)2-3-15/h5-7,11,15H,2-4,14H2,1H3. The Labute approximate surface area is 100 Å². The summed E-state index contributed by atoms with van der Waals surface area (Å²) < 4.78 is 5.74. The molecular formula is C12H16ClNO2. The van der Waals surface area contributed by atoms with Crippen LogP contribution in [0.15, 0.2) is 12.1 Å². The number of aliphatic hydroxyl groups excluding tert-OH is 1. The third kappa shape index (κ3) is 2.17. The highest BCUT2D eigenvalue weighted by Crippen LogP contribution is 2.38. The van der Waals surface area contributed by atoms with Crippen LogP contribution < -0.4 is 10.5 Å². The van der Waals surface area contributed by atoms with E-state index in [9.17, 15) is 0 Å². The topological polar surface area (TPSA) is 55.5 Å². The van der Waals surface area contributed by atoms with Crippen LogP contribution in [0.1, 0.15) is 30.5 Å².